The third-order valence-electron chi connectivity index (χ3n) is 3.66. The van der Waals surface area contributed by atoms with Gasteiger partial charge in [0.1, 0.15) is 5.75 Å². The van der Waals surface area contributed by atoms with Crippen LogP contribution in [-0.2, 0) is 12.8 Å². The van der Waals surface area contributed by atoms with E-state index < -0.39 is 0 Å². The molecule has 0 aliphatic rings. The number of aromatic hydroxyl groups is 1. The first kappa shape index (κ1) is 14.1. The number of nitrogens with one attached hydrogen (secondary N) is 1. The normalized spacial score (nSPS) is 11.0. The number of fused-ring (bicyclic) bond motifs is 1. The van der Waals surface area contributed by atoms with Crippen LogP contribution in [0.15, 0.2) is 53.9 Å². The van der Waals surface area contributed by atoms with Gasteiger partial charge < -0.3 is 10.4 Å². The molecule has 2 nitrogen and oxygen atoms in total. The first-order valence-electron chi connectivity index (χ1n) is 7.27. The molecule has 21 heavy (non-hydrogen) atoms. The predicted molar refractivity (Wildman–Crippen MR) is 90.2 cm³/mol. The average Bonchev–Trinajstić information content (AvgIpc) is 2.93. The molecule has 0 aliphatic carbocycles. The molecule has 0 radical (unpaired) electrons. The smallest absolute Gasteiger partial charge is 0.124 e. The standard InChI is InChI=1S/C18H19NOS/c20-16-7-4-8-17-18(16)15(13-21-17)10-12-19-11-9-14-5-2-1-3-6-14/h1-8,13,19-20H,9-12H2. The van der Waals surface area contributed by atoms with Gasteiger partial charge in [0.2, 0.25) is 0 Å². The topological polar surface area (TPSA) is 32.3 Å². The zero-order valence-electron chi connectivity index (χ0n) is 11.9. The molecule has 2 N–H and O–H groups in total. The summed E-state index contributed by atoms with van der Waals surface area (Å²) in [6.45, 7) is 1.92. The molecule has 0 atom stereocenters. The van der Waals surface area contributed by atoms with E-state index in [1.165, 1.54) is 11.1 Å². The molecule has 0 saturated heterocycles. The van der Waals surface area contributed by atoms with E-state index in [4.69, 9.17) is 0 Å². The molecule has 1 aromatic heterocycles. The van der Waals surface area contributed by atoms with Crippen molar-refractivity contribution < 1.29 is 5.11 Å². The van der Waals surface area contributed by atoms with E-state index >= 15 is 0 Å². The van der Waals surface area contributed by atoms with Crippen molar-refractivity contribution in [1.29, 1.82) is 0 Å². The van der Waals surface area contributed by atoms with Gasteiger partial charge in [-0.05, 0) is 54.6 Å². The van der Waals surface area contributed by atoms with Crippen LogP contribution in [0.3, 0.4) is 0 Å². The third kappa shape index (κ3) is 3.43. The summed E-state index contributed by atoms with van der Waals surface area (Å²) in [6.07, 6.45) is 2.00. The molecule has 0 saturated carbocycles. The van der Waals surface area contributed by atoms with Crippen LogP contribution in [0.5, 0.6) is 5.75 Å². The van der Waals surface area contributed by atoms with E-state index in [1.807, 2.05) is 12.1 Å². The lowest BCUT2D eigenvalue weighted by Gasteiger charge is -2.05. The molecule has 0 spiro atoms. The van der Waals surface area contributed by atoms with Crippen molar-refractivity contribution >= 4 is 21.4 Å². The minimum atomic E-state index is 0.396. The van der Waals surface area contributed by atoms with Crippen LogP contribution in [0.1, 0.15) is 11.1 Å². The van der Waals surface area contributed by atoms with Crippen LogP contribution >= 0.6 is 11.3 Å². The van der Waals surface area contributed by atoms with Crippen molar-refractivity contribution in [2.45, 2.75) is 12.8 Å². The van der Waals surface area contributed by atoms with Crippen LogP contribution in [0.25, 0.3) is 10.1 Å². The Morgan fingerprint density at radius 3 is 2.57 bits per heavy atom. The van der Waals surface area contributed by atoms with Gasteiger partial charge in [-0.25, -0.2) is 0 Å². The molecule has 3 rings (SSSR count). The SMILES string of the molecule is Oc1cccc2scc(CCNCCc3ccccc3)c12. The molecule has 1 heterocycles. The van der Waals surface area contributed by atoms with Gasteiger partial charge in [0, 0.05) is 10.1 Å². The molecule has 3 heteroatoms. The average molecular weight is 297 g/mol. The quantitative estimate of drug-likeness (QED) is 0.674. The lowest BCUT2D eigenvalue weighted by atomic mass is 10.1. The van der Waals surface area contributed by atoms with Crippen molar-refractivity contribution in [3.63, 3.8) is 0 Å². The Bertz CT molecular complexity index is 706. The number of phenolic OH excluding ortho intramolecular Hbond substituents is 1. The van der Waals surface area contributed by atoms with Gasteiger partial charge in [0.15, 0.2) is 0 Å². The fraction of sp³-hybridized carbons (Fsp3) is 0.222. The maximum Gasteiger partial charge on any atom is 0.124 e. The summed E-state index contributed by atoms with van der Waals surface area (Å²) in [5.41, 5.74) is 2.60. The molecule has 0 aliphatic heterocycles. The molecular weight excluding hydrogens is 278 g/mol. The lowest BCUT2D eigenvalue weighted by Crippen LogP contribution is -2.20. The second kappa shape index (κ2) is 6.74. The summed E-state index contributed by atoms with van der Waals surface area (Å²) in [5.74, 6) is 0.396. The number of benzene rings is 2. The molecule has 3 aromatic rings. The summed E-state index contributed by atoms with van der Waals surface area (Å²) in [5, 5.41) is 16.6. The van der Waals surface area contributed by atoms with Gasteiger partial charge in [0.25, 0.3) is 0 Å². The van der Waals surface area contributed by atoms with Crippen LogP contribution in [0.4, 0.5) is 0 Å². The molecule has 0 unspecified atom stereocenters. The lowest BCUT2D eigenvalue weighted by molar-refractivity contribution is 0.481. The zero-order chi connectivity index (χ0) is 14.5. The van der Waals surface area contributed by atoms with E-state index in [-0.39, 0.29) is 0 Å². The summed E-state index contributed by atoms with van der Waals surface area (Å²) in [7, 11) is 0. The number of rotatable bonds is 6. The minimum Gasteiger partial charge on any atom is -0.507 e. The van der Waals surface area contributed by atoms with Gasteiger partial charge in [-0.15, -0.1) is 11.3 Å². The molecule has 2 aromatic carbocycles. The highest BCUT2D eigenvalue weighted by Gasteiger charge is 2.07. The largest absolute Gasteiger partial charge is 0.507 e. The Balaban J connectivity index is 1.51. The van der Waals surface area contributed by atoms with Gasteiger partial charge >= 0.3 is 0 Å². The Labute approximate surface area is 129 Å². The van der Waals surface area contributed by atoms with Crippen molar-refractivity contribution in [1.82, 2.24) is 5.32 Å². The van der Waals surface area contributed by atoms with Gasteiger partial charge in [-0.1, -0.05) is 36.4 Å². The number of hydrogen-bond donors (Lipinski definition) is 2. The second-order valence-corrected chi connectivity index (χ2v) is 6.06. The van der Waals surface area contributed by atoms with Crippen LogP contribution < -0.4 is 5.32 Å². The summed E-state index contributed by atoms with van der Waals surface area (Å²) in [4.78, 5) is 0. The van der Waals surface area contributed by atoms with Crippen LogP contribution in [-0.4, -0.2) is 18.2 Å². The highest BCUT2D eigenvalue weighted by molar-refractivity contribution is 7.17. The van der Waals surface area contributed by atoms with Crippen molar-refractivity contribution in [2.75, 3.05) is 13.1 Å². The molecule has 108 valence electrons. The van der Waals surface area contributed by atoms with E-state index in [0.717, 1.165) is 36.0 Å². The summed E-state index contributed by atoms with van der Waals surface area (Å²) >= 11 is 1.70. The molecule has 0 amide bonds. The minimum absolute atomic E-state index is 0.396. The molecular formula is C18H19NOS. The van der Waals surface area contributed by atoms with E-state index in [9.17, 15) is 5.11 Å². The first-order valence-corrected chi connectivity index (χ1v) is 8.15. The Kier molecular flexibility index (Phi) is 4.53. The van der Waals surface area contributed by atoms with E-state index in [2.05, 4.69) is 41.0 Å². The highest BCUT2D eigenvalue weighted by atomic mass is 32.1. The Morgan fingerprint density at radius 2 is 1.71 bits per heavy atom. The highest BCUT2D eigenvalue weighted by Crippen LogP contribution is 2.33. The van der Waals surface area contributed by atoms with Gasteiger partial charge in [-0.3, -0.25) is 0 Å². The maximum atomic E-state index is 9.98. The Morgan fingerprint density at radius 1 is 0.905 bits per heavy atom. The van der Waals surface area contributed by atoms with Crippen molar-refractivity contribution in [3.05, 3.63) is 65.0 Å². The fourth-order valence-electron chi connectivity index (χ4n) is 2.54. The fourth-order valence-corrected chi connectivity index (χ4v) is 3.56. The van der Waals surface area contributed by atoms with E-state index in [0.29, 0.717) is 5.75 Å². The monoisotopic (exact) mass is 297 g/mol. The summed E-state index contributed by atoms with van der Waals surface area (Å²) in [6, 6.07) is 16.2. The van der Waals surface area contributed by atoms with Gasteiger partial charge in [-0.2, -0.15) is 0 Å². The second-order valence-electron chi connectivity index (χ2n) is 5.15. The van der Waals surface area contributed by atoms with Crippen molar-refractivity contribution in [3.8, 4) is 5.75 Å². The molecule has 0 bridgehead atoms. The van der Waals surface area contributed by atoms with Crippen LogP contribution in [0.2, 0.25) is 0 Å². The number of phenols is 1. The van der Waals surface area contributed by atoms with Crippen LogP contribution in [0, 0.1) is 0 Å². The zero-order valence-corrected chi connectivity index (χ0v) is 12.7. The number of hydrogen-bond acceptors (Lipinski definition) is 3. The summed E-state index contributed by atoms with van der Waals surface area (Å²) < 4.78 is 1.16. The van der Waals surface area contributed by atoms with Crippen molar-refractivity contribution in [2.24, 2.45) is 0 Å². The first-order chi connectivity index (χ1) is 10.3. The van der Waals surface area contributed by atoms with E-state index in [1.54, 1.807) is 17.4 Å². The van der Waals surface area contributed by atoms with Gasteiger partial charge in [0.05, 0.1) is 0 Å². The Hall–Kier alpha value is -1.84. The molecule has 0 fully saturated rings. The number of thiophene rings is 1. The predicted octanol–water partition coefficient (Wildman–Crippen LogP) is 3.98. The third-order valence-corrected chi connectivity index (χ3v) is 4.65. The maximum absolute atomic E-state index is 9.98.